The van der Waals surface area contributed by atoms with Gasteiger partial charge in [0.1, 0.15) is 12.4 Å². The molecule has 0 atom stereocenters. The van der Waals surface area contributed by atoms with E-state index in [1.54, 1.807) is 19.2 Å². The van der Waals surface area contributed by atoms with Crippen molar-refractivity contribution >= 4 is 12.0 Å². The molecule has 0 N–H and O–H groups in total. The van der Waals surface area contributed by atoms with Crippen LogP contribution in [0.2, 0.25) is 0 Å². The molecule has 96 valence electrons. The number of benzene rings is 1. The first-order valence-electron chi connectivity index (χ1n) is 5.89. The van der Waals surface area contributed by atoms with Gasteiger partial charge in [0.15, 0.2) is 0 Å². The standard InChI is InChI=1S/C14H18N2O2/c1-11(2)16(6-7-18-3)14-5-4-12(10-17)8-13(14)9-15/h4-5,8,10-11H,6-7H2,1-3H3. The number of nitriles is 1. The van der Waals surface area contributed by atoms with Crippen molar-refractivity contribution in [1.82, 2.24) is 0 Å². The molecule has 0 amide bonds. The predicted octanol–water partition coefficient (Wildman–Crippen LogP) is 2.23. The molecule has 0 heterocycles. The van der Waals surface area contributed by atoms with Crippen LogP contribution in [0.25, 0.3) is 0 Å². The Labute approximate surface area is 108 Å². The highest BCUT2D eigenvalue weighted by molar-refractivity contribution is 5.78. The zero-order valence-electron chi connectivity index (χ0n) is 11.0. The third kappa shape index (κ3) is 3.31. The summed E-state index contributed by atoms with van der Waals surface area (Å²) in [4.78, 5) is 12.8. The number of anilines is 1. The van der Waals surface area contributed by atoms with Crippen molar-refractivity contribution in [3.8, 4) is 6.07 Å². The van der Waals surface area contributed by atoms with Crippen LogP contribution in [-0.2, 0) is 4.74 Å². The fraction of sp³-hybridized carbons (Fsp3) is 0.429. The predicted molar refractivity (Wildman–Crippen MR) is 70.9 cm³/mol. The van der Waals surface area contributed by atoms with Gasteiger partial charge in [0, 0.05) is 25.3 Å². The molecule has 0 saturated heterocycles. The molecular formula is C14H18N2O2. The smallest absolute Gasteiger partial charge is 0.150 e. The van der Waals surface area contributed by atoms with Crippen LogP contribution >= 0.6 is 0 Å². The molecule has 1 aromatic rings. The number of ether oxygens (including phenoxy) is 1. The fourth-order valence-corrected chi connectivity index (χ4v) is 1.81. The lowest BCUT2D eigenvalue weighted by molar-refractivity contribution is 0.112. The molecular weight excluding hydrogens is 228 g/mol. The summed E-state index contributed by atoms with van der Waals surface area (Å²) in [6.45, 7) is 5.43. The minimum absolute atomic E-state index is 0.259. The lowest BCUT2D eigenvalue weighted by Gasteiger charge is -2.29. The average Bonchev–Trinajstić information content (AvgIpc) is 2.38. The van der Waals surface area contributed by atoms with Gasteiger partial charge in [0.2, 0.25) is 0 Å². The molecule has 0 aliphatic carbocycles. The molecule has 0 aromatic heterocycles. The number of aldehydes is 1. The maximum absolute atomic E-state index is 10.7. The van der Waals surface area contributed by atoms with Gasteiger partial charge in [-0.15, -0.1) is 0 Å². The van der Waals surface area contributed by atoms with E-state index in [-0.39, 0.29) is 6.04 Å². The van der Waals surface area contributed by atoms with E-state index in [4.69, 9.17) is 4.74 Å². The normalized spacial score (nSPS) is 10.2. The van der Waals surface area contributed by atoms with Gasteiger partial charge in [-0.1, -0.05) is 0 Å². The van der Waals surface area contributed by atoms with Gasteiger partial charge in [-0.3, -0.25) is 4.79 Å². The fourth-order valence-electron chi connectivity index (χ4n) is 1.81. The van der Waals surface area contributed by atoms with Crippen LogP contribution < -0.4 is 4.90 Å². The summed E-state index contributed by atoms with van der Waals surface area (Å²) in [5.74, 6) is 0. The molecule has 0 saturated carbocycles. The maximum atomic E-state index is 10.7. The van der Waals surface area contributed by atoms with Crippen molar-refractivity contribution in [2.24, 2.45) is 0 Å². The second-order valence-corrected chi connectivity index (χ2v) is 4.29. The summed E-state index contributed by atoms with van der Waals surface area (Å²) in [5, 5.41) is 9.17. The first-order valence-corrected chi connectivity index (χ1v) is 5.89. The Hall–Kier alpha value is -1.86. The van der Waals surface area contributed by atoms with Gasteiger partial charge < -0.3 is 9.64 Å². The van der Waals surface area contributed by atoms with Gasteiger partial charge in [0.05, 0.1) is 17.9 Å². The van der Waals surface area contributed by atoms with Crippen molar-refractivity contribution in [1.29, 1.82) is 5.26 Å². The molecule has 0 bridgehead atoms. The number of nitrogens with zero attached hydrogens (tertiary/aromatic N) is 2. The van der Waals surface area contributed by atoms with Gasteiger partial charge >= 0.3 is 0 Å². The maximum Gasteiger partial charge on any atom is 0.150 e. The zero-order valence-corrected chi connectivity index (χ0v) is 11.0. The van der Waals surface area contributed by atoms with Gasteiger partial charge in [-0.25, -0.2) is 0 Å². The lowest BCUT2D eigenvalue weighted by atomic mass is 10.1. The largest absolute Gasteiger partial charge is 0.383 e. The first kappa shape index (κ1) is 14.2. The summed E-state index contributed by atoms with van der Waals surface area (Å²) >= 11 is 0. The Kier molecular flexibility index (Phi) is 5.34. The number of methoxy groups -OCH3 is 1. The molecule has 0 aliphatic heterocycles. The molecule has 4 nitrogen and oxygen atoms in total. The highest BCUT2D eigenvalue weighted by atomic mass is 16.5. The number of hydrogen-bond acceptors (Lipinski definition) is 4. The van der Waals surface area contributed by atoms with E-state index in [9.17, 15) is 10.1 Å². The Bertz CT molecular complexity index is 450. The summed E-state index contributed by atoms with van der Waals surface area (Å²) in [6, 6.07) is 7.56. The van der Waals surface area contributed by atoms with Crippen molar-refractivity contribution < 1.29 is 9.53 Å². The highest BCUT2D eigenvalue weighted by Crippen LogP contribution is 2.23. The number of hydrogen-bond donors (Lipinski definition) is 0. The molecule has 0 fully saturated rings. The minimum atomic E-state index is 0.259. The number of rotatable bonds is 6. The van der Waals surface area contributed by atoms with Crippen molar-refractivity contribution in [2.75, 3.05) is 25.2 Å². The average molecular weight is 246 g/mol. The minimum Gasteiger partial charge on any atom is -0.383 e. The molecule has 0 unspecified atom stereocenters. The van der Waals surface area contributed by atoms with E-state index in [2.05, 4.69) is 24.8 Å². The molecule has 0 aliphatic rings. The number of carbonyl (C=O) groups is 1. The SMILES string of the molecule is COCCN(c1ccc(C=O)cc1C#N)C(C)C. The van der Waals surface area contributed by atoms with E-state index in [1.165, 1.54) is 0 Å². The Balaban J connectivity index is 3.11. The highest BCUT2D eigenvalue weighted by Gasteiger charge is 2.14. The van der Waals surface area contributed by atoms with E-state index < -0.39 is 0 Å². The van der Waals surface area contributed by atoms with Crippen LogP contribution in [0, 0.1) is 11.3 Å². The van der Waals surface area contributed by atoms with Crippen LogP contribution in [0.1, 0.15) is 29.8 Å². The lowest BCUT2D eigenvalue weighted by Crippen LogP contribution is -2.34. The molecule has 18 heavy (non-hydrogen) atoms. The third-order valence-electron chi connectivity index (χ3n) is 2.75. The van der Waals surface area contributed by atoms with E-state index >= 15 is 0 Å². The zero-order chi connectivity index (χ0) is 13.5. The third-order valence-corrected chi connectivity index (χ3v) is 2.75. The van der Waals surface area contributed by atoms with E-state index in [0.29, 0.717) is 24.3 Å². The topological polar surface area (TPSA) is 53.3 Å². The van der Waals surface area contributed by atoms with Crippen molar-refractivity contribution in [2.45, 2.75) is 19.9 Å². The molecule has 1 aromatic carbocycles. The number of carbonyl (C=O) groups excluding carboxylic acids is 1. The summed E-state index contributed by atoms with van der Waals surface area (Å²) in [7, 11) is 1.65. The van der Waals surface area contributed by atoms with Gasteiger partial charge in [0.25, 0.3) is 0 Å². The van der Waals surface area contributed by atoms with Crippen LogP contribution in [0.3, 0.4) is 0 Å². The van der Waals surface area contributed by atoms with Crippen molar-refractivity contribution in [3.05, 3.63) is 29.3 Å². The summed E-state index contributed by atoms with van der Waals surface area (Å²) in [6.07, 6.45) is 0.749. The molecule has 0 radical (unpaired) electrons. The Morgan fingerprint density at radius 3 is 2.72 bits per heavy atom. The van der Waals surface area contributed by atoms with Crippen molar-refractivity contribution in [3.63, 3.8) is 0 Å². The van der Waals surface area contributed by atoms with E-state index in [1.807, 2.05) is 6.07 Å². The van der Waals surface area contributed by atoms with Crippen LogP contribution in [0.15, 0.2) is 18.2 Å². The van der Waals surface area contributed by atoms with E-state index in [0.717, 1.165) is 12.0 Å². The quantitative estimate of drug-likeness (QED) is 0.722. The van der Waals surface area contributed by atoms with Crippen LogP contribution in [0.5, 0.6) is 0 Å². The Morgan fingerprint density at radius 1 is 1.50 bits per heavy atom. The van der Waals surface area contributed by atoms with Crippen LogP contribution in [-0.4, -0.2) is 32.6 Å². The molecule has 4 heteroatoms. The summed E-state index contributed by atoms with van der Waals surface area (Å²) < 4.78 is 5.08. The van der Waals surface area contributed by atoms with Crippen LogP contribution in [0.4, 0.5) is 5.69 Å². The molecule has 0 spiro atoms. The van der Waals surface area contributed by atoms with Gasteiger partial charge in [-0.2, -0.15) is 5.26 Å². The van der Waals surface area contributed by atoms with Gasteiger partial charge in [-0.05, 0) is 32.0 Å². The Morgan fingerprint density at radius 2 is 2.22 bits per heavy atom. The second-order valence-electron chi connectivity index (χ2n) is 4.29. The second kappa shape index (κ2) is 6.77. The summed E-state index contributed by atoms with van der Waals surface area (Å²) in [5.41, 5.74) is 1.88. The monoisotopic (exact) mass is 246 g/mol. The first-order chi connectivity index (χ1) is 8.63. The molecule has 1 rings (SSSR count).